The number of hydrogen-bond acceptors (Lipinski definition) is 1. The Morgan fingerprint density at radius 2 is 2.19 bits per heavy atom. The molecule has 1 aliphatic heterocycles. The molecule has 3 rings (SSSR count). The Kier molecular flexibility index (Phi) is 2.74. The highest BCUT2D eigenvalue weighted by Gasteiger charge is 2.21. The van der Waals surface area contributed by atoms with Crippen LogP contribution in [0.3, 0.4) is 0 Å². The minimum absolute atomic E-state index is 0.629. The number of fused-ring (bicyclic) bond motifs is 1. The van der Waals surface area contributed by atoms with Crippen LogP contribution in [0.25, 0.3) is 6.08 Å². The molecule has 0 spiro atoms. The van der Waals surface area contributed by atoms with E-state index in [9.17, 15) is 0 Å². The van der Waals surface area contributed by atoms with Crippen LogP contribution < -0.4 is 5.32 Å². The molecule has 0 aromatic heterocycles. The van der Waals surface area contributed by atoms with Crippen molar-refractivity contribution >= 4 is 17.7 Å². The summed E-state index contributed by atoms with van der Waals surface area (Å²) in [6.07, 6.45) is 7.30. The van der Waals surface area contributed by atoms with Gasteiger partial charge in [-0.3, -0.25) is 0 Å². The molecule has 0 amide bonds. The molecule has 1 heterocycles. The third-order valence-corrected chi connectivity index (χ3v) is 3.87. The molecule has 1 atom stereocenters. The van der Waals surface area contributed by atoms with Crippen molar-refractivity contribution in [3.63, 3.8) is 0 Å². The van der Waals surface area contributed by atoms with Gasteiger partial charge in [0.25, 0.3) is 0 Å². The van der Waals surface area contributed by atoms with Crippen molar-refractivity contribution in [2.75, 3.05) is 6.54 Å². The van der Waals surface area contributed by atoms with Gasteiger partial charge in [-0.1, -0.05) is 29.3 Å². The Morgan fingerprint density at radius 3 is 3.00 bits per heavy atom. The molecule has 1 N–H and O–H groups in total. The van der Waals surface area contributed by atoms with Crippen molar-refractivity contribution in [1.29, 1.82) is 0 Å². The summed E-state index contributed by atoms with van der Waals surface area (Å²) in [6.45, 7) is 1.18. The lowest BCUT2D eigenvalue weighted by atomic mass is 9.88. The predicted molar refractivity (Wildman–Crippen MR) is 68.8 cm³/mol. The molecule has 84 valence electrons. The highest BCUT2D eigenvalue weighted by Crippen LogP contribution is 2.30. The summed E-state index contributed by atoms with van der Waals surface area (Å²) in [5.74, 6) is 0. The fourth-order valence-corrected chi connectivity index (χ4v) is 2.95. The monoisotopic (exact) mass is 233 g/mol. The van der Waals surface area contributed by atoms with Gasteiger partial charge in [0.1, 0.15) is 0 Å². The third-order valence-electron chi connectivity index (χ3n) is 3.64. The summed E-state index contributed by atoms with van der Waals surface area (Å²) < 4.78 is 0. The van der Waals surface area contributed by atoms with Crippen molar-refractivity contribution in [3.8, 4) is 0 Å². The quantitative estimate of drug-likeness (QED) is 0.784. The topological polar surface area (TPSA) is 12.0 Å². The van der Waals surface area contributed by atoms with Crippen LogP contribution >= 0.6 is 11.6 Å². The molecular weight excluding hydrogens is 218 g/mol. The maximum Gasteiger partial charge on any atom is 0.0409 e. The van der Waals surface area contributed by atoms with Crippen molar-refractivity contribution in [1.82, 2.24) is 5.32 Å². The van der Waals surface area contributed by atoms with E-state index >= 15 is 0 Å². The normalized spacial score (nSPS) is 24.1. The summed E-state index contributed by atoms with van der Waals surface area (Å²) in [7, 11) is 0. The number of rotatable bonds is 1. The lowest BCUT2D eigenvalue weighted by molar-refractivity contribution is 0.656. The minimum Gasteiger partial charge on any atom is -0.310 e. The van der Waals surface area contributed by atoms with Crippen LogP contribution in [-0.4, -0.2) is 12.6 Å². The molecule has 1 aromatic rings. The van der Waals surface area contributed by atoms with Crippen LogP contribution in [0.4, 0.5) is 0 Å². The second-order valence-corrected chi connectivity index (χ2v) is 5.15. The lowest BCUT2D eigenvalue weighted by Crippen LogP contribution is -2.24. The summed E-state index contributed by atoms with van der Waals surface area (Å²) >= 11 is 6.01. The number of aryl methyl sites for hydroxylation is 1. The molecule has 1 saturated heterocycles. The van der Waals surface area contributed by atoms with Crippen molar-refractivity contribution in [3.05, 3.63) is 39.9 Å². The van der Waals surface area contributed by atoms with Gasteiger partial charge in [0.05, 0.1) is 0 Å². The first-order valence-electron chi connectivity index (χ1n) is 6.05. The Bertz CT molecular complexity index is 430. The Hall–Kier alpha value is -0.790. The highest BCUT2D eigenvalue weighted by molar-refractivity contribution is 6.30. The number of nitrogens with one attached hydrogen (secondary N) is 1. The maximum atomic E-state index is 6.01. The molecule has 16 heavy (non-hydrogen) atoms. The van der Waals surface area contributed by atoms with Gasteiger partial charge in [-0.2, -0.15) is 0 Å². The van der Waals surface area contributed by atoms with E-state index in [4.69, 9.17) is 11.6 Å². The van der Waals surface area contributed by atoms with Crippen molar-refractivity contribution < 1.29 is 0 Å². The Labute approximate surface area is 102 Å². The molecule has 0 bridgehead atoms. The van der Waals surface area contributed by atoms with Crippen LogP contribution in [0, 0.1) is 0 Å². The largest absolute Gasteiger partial charge is 0.310 e. The minimum atomic E-state index is 0.629. The zero-order chi connectivity index (χ0) is 11.0. The lowest BCUT2D eigenvalue weighted by Gasteiger charge is -2.21. The van der Waals surface area contributed by atoms with Crippen molar-refractivity contribution in [2.24, 2.45) is 0 Å². The number of benzene rings is 1. The molecule has 1 fully saturated rings. The fraction of sp³-hybridized carbons (Fsp3) is 0.429. The van der Waals surface area contributed by atoms with Gasteiger partial charge < -0.3 is 5.32 Å². The SMILES string of the molecule is Clc1ccc2c(c1)CCC(C1CCCN1)=C2. The first kappa shape index (κ1) is 10.4. The van der Waals surface area contributed by atoms with Crippen LogP contribution in [0.5, 0.6) is 0 Å². The van der Waals surface area contributed by atoms with E-state index in [1.807, 2.05) is 6.07 Å². The summed E-state index contributed by atoms with van der Waals surface area (Å²) in [5.41, 5.74) is 4.33. The van der Waals surface area contributed by atoms with Crippen LogP contribution in [0.2, 0.25) is 5.02 Å². The van der Waals surface area contributed by atoms with E-state index in [0.29, 0.717) is 6.04 Å². The molecule has 0 radical (unpaired) electrons. The van der Waals surface area contributed by atoms with Gasteiger partial charge in [-0.05, 0) is 55.5 Å². The predicted octanol–water partition coefficient (Wildman–Crippen LogP) is 3.42. The van der Waals surface area contributed by atoms with Gasteiger partial charge in [0, 0.05) is 11.1 Å². The Balaban J connectivity index is 1.91. The zero-order valence-electron chi connectivity index (χ0n) is 9.30. The second-order valence-electron chi connectivity index (χ2n) is 4.71. The van der Waals surface area contributed by atoms with Gasteiger partial charge in [-0.15, -0.1) is 0 Å². The summed E-state index contributed by atoms with van der Waals surface area (Å²) in [6, 6.07) is 6.86. The van der Waals surface area contributed by atoms with Crippen LogP contribution in [0.1, 0.15) is 30.4 Å². The average molecular weight is 234 g/mol. The van der Waals surface area contributed by atoms with Gasteiger partial charge in [0.15, 0.2) is 0 Å². The van der Waals surface area contributed by atoms with Crippen LogP contribution in [0.15, 0.2) is 23.8 Å². The first-order valence-corrected chi connectivity index (χ1v) is 6.43. The molecule has 2 heteroatoms. The van der Waals surface area contributed by atoms with E-state index in [2.05, 4.69) is 23.5 Å². The third kappa shape index (κ3) is 1.90. The second kappa shape index (κ2) is 4.23. The maximum absolute atomic E-state index is 6.01. The standard InChI is InChI=1S/C14H16ClN/c15-13-6-5-10-8-12(4-3-11(10)9-13)14-2-1-7-16-14/h5-6,8-9,14,16H,1-4,7H2. The molecular formula is C14H16ClN. The van der Waals surface area contributed by atoms with Crippen molar-refractivity contribution in [2.45, 2.75) is 31.7 Å². The van der Waals surface area contributed by atoms with Crippen LogP contribution in [-0.2, 0) is 6.42 Å². The van der Waals surface area contributed by atoms with Gasteiger partial charge in [0.2, 0.25) is 0 Å². The van der Waals surface area contributed by atoms with Gasteiger partial charge in [-0.25, -0.2) is 0 Å². The van der Waals surface area contributed by atoms with E-state index in [-0.39, 0.29) is 0 Å². The molecule has 1 unspecified atom stereocenters. The average Bonchev–Trinajstić information content (AvgIpc) is 2.82. The van der Waals surface area contributed by atoms with E-state index in [1.165, 1.54) is 36.9 Å². The molecule has 1 nitrogen and oxygen atoms in total. The van der Waals surface area contributed by atoms with Gasteiger partial charge >= 0.3 is 0 Å². The number of halogens is 1. The van der Waals surface area contributed by atoms with E-state index < -0.39 is 0 Å². The fourth-order valence-electron chi connectivity index (χ4n) is 2.76. The molecule has 1 aliphatic carbocycles. The molecule has 1 aromatic carbocycles. The summed E-state index contributed by atoms with van der Waals surface area (Å²) in [5, 5.41) is 4.43. The molecule has 0 saturated carbocycles. The first-order chi connectivity index (χ1) is 7.83. The molecule has 2 aliphatic rings. The Morgan fingerprint density at radius 1 is 1.25 bits per heavy atom. The zero-order valence-corrected chi connectivity index (χ0v) is 10.1. The van der Waals surface area contributed by atoms with E-state index in [0.717, 1.165) is 11.4 Å². The highest BCUT2D eigenvalue weighted by atomic mass is 35.5. The summed E-state index contributed by atoms with van der Waals surface area (Å²) in [4.78, 5) is 0. The van der Waals surface area contributed by atoms with E-state index in [1.54, 1.807) is 5.57 Å². The number of hydrogen-bond donors (Lipinski definition) is 1. The smallest absolute Gasteiger partial charge is 0.0409 e.